The molecule has 0 unspecified atom stereocenters. The van der Waals surface area contributed by atoms with E-state index in [0.717, 1.165) is 49.5 Å². The summed E-state index contributed by atoms with van der Waals surface area (Å²) < 4.78 is 0. The Kier molecular flexibility index (Phi) is 7.79. The van der Waals surface area contributed by atoms with Gasteiger partial charge in [0.15, 0.2) is 17.5 Å². The van der Waals surface area contributed by atoms with E-state index >= 15 is 0 Å². The molecular weight excluding hydrogens is 765 g/mol. The SMILES string of the molecule is c1ccc(-c2nc(-c3ccc(-c4cccc5cccnc45)cc3)nc(-c3ccc(-c4cccc5c4-c4ccccc4C54c5ccccc5-c5ccccc54)c4ccccc34)n2)cc1. The lowest BCUT2D eigenvalue weighted by Gasteiger charge is -2.30. The molecule has 13 rings (SSSR count). The summed E-state index contributed by atoms with van der Waals surface area (Å²) in [7, 11) is 0. The van der Waals surface area contributed by atoms with Crippen LogP contribution in [-0.4, -0.2) is 19.9 Å². The molecule has 292 valence electrons. The van der Waals surface area contributed by atoms with Gasteiger partial charge < -0.3 is 0 Å². The Morgan fingerprint density at radius 3 is 1.51 bits per heavy atom. The number of benzene rings is 9. The summed E-state index contributed by atoms with van der Waals surface area (Å²) in [5, 5.41) is 3.34. The van der Waals surface area contributed by atoms with Gasteiger partial charge in [0.1, 0.15) is 0 Å². The number of hydrogen-bond donors (Lipinski definition) is 0. The zero-order valence-electron chi connectivity index (χ0n) is 34.1. The summed E-state index contributed by atoms with van der Waals surface area (Å²) in [5.41, 5.74) is 18.5. The van der Waals surface area contributed by atoms with Crippen molar-refractivity contribution in [2.45, 2.75) is 5.41 Å². The highest BCUT2D eigenvalue weighted by molar-refractivity contribution is 6.09. The lowest BCUT2D eigenvalue weighted by atomic mass is 9.70. The predicted octanol–water partition coefficient (Wildman–Crippen LogP) is 14.3. The zero-order valence-corrected chi connectivity index (χ0v) is 34.1. The summed E-state index contributed by atoms with van der Waals surface area (Å²) >= 11 is 0. The number of pyridine rings is 1. The van der Waals surface area contributed by atoms with Crippen LogP contribution in [0, 0.1) is 0 Å². The summed E-state index contributed by atoms with van der Waals surface area (Å²) in [6, 6.07) is 76.1. The molecule has 2 heterocycles. The molecule has 1 spiro atoms. The van der Waals surface area contributed by atoms with Crippen LogP contribution < -0.4 is 0 Å². The average molecular weight is 801 g/mol. The van der Waals surface area contributed by atoms with Crippen LogP contribution in [0.25, 0.3) is 100 Å². The van der Waals surface area contributed by atoms with Crippen molar-refractivity contribution in [1.29, 1.82) is 0 Å². The van der Waals surface area contributed by atoms with Gasteiger partial charge in [0, 0.05) is 33.8 Å². The van der Waals surface area contributed by atoms with Gasteiger partial charge in [-0.3, -0.25) is 4.98 Å². The van der Waals surface area contributed by atoms with Crippen LogP contribution in [0.2, 0.25) is 0 Å². The molecular formula is C59H36N4. The molecule has 0 bridgehead atoms. The summed E-state index contributed by atoms with van der Waals surface area (Å²) in [6.45, 7) is 0. The van der Waals surface area contributed by atoms with Crippen molar-refractivity contribution < 1.29 is 0 Å². The quantitative estimate of drug-likeness (QED) is 0.174. The van der Waals surface area contributed by atoms with Gasteiger partial charge in [-0.25, -0.2) is 15.0 Å². The van der Waals surface area contributed by atoms with E-state index in [2.05, 4.69) is 188 Å². The van der Waals surface area contributed by atoms with Crippen molar-refractivity contribution in [2.75, 3.05) is 0 Å². The van der Waals surface area contributed by atoms with Gasteiger partial charge >= 0.3 is 0 Å². The van der Waals surface area contributed by atoms with Crippen LogP contribution in [0.3, 0.4) is 0 Å². The van der Waals surface area contributed by atoms with Gasteiger partial charge in [0.2, 0.25) is 0 Å². The van der Waals surface area contributed by atoms with Crippen LogP contribution in [0.5, 0.6) is 0 Å². The van der Waals surface area contributed by atoms with Gasteiger partial charge in [-0.05, 0) is 84.1 Å². The monoisotopic (exact) mass is 800 g/mol. The van der Waals surface area contributed by atoms with E-state index in [-0.39, 0.29) is 0 Å². The Hall–Kier alpha value is -8.34. The molecule has 2 aliphatic carbocycles. The summed E-state index contributed by atoms with van der Waals surface area (Å²) in [6.07, 6.45) is 1.85. The molecule has 4 heteroatoms. The van der Waals surface area contributed by atoms with E-state index in [9.17, 15) is 0 Å². The third kappa shape index (κ3) is 5.22. The van der Waals surface area contributed by atoms with Crippen molar-refractivity contribution in [1.82, 2.24) is 19.9 Å². The maximum Gasteiger partial charge on any atom is 0.164 e. The third-order valence-electron chi connectivity index (χ3n) is 13.2. The van der Waals surface area contributed by atoms with Crippen molar-refractivity contribution in [3.63, 3.8) is 0 Å². The number of aromatic nitrogens is 4. The second kappa shape index (κ2) is 13.8. The van der Waals surface area contributed by atoms with Crippen LogP contribution in [0.1, 0.15) is 22.3 Å². The van der Waals surface area contributed by atoms with Crippen LogP contribution in [-0.2, 0) is 5.41 Å². The fourth-order valence-electron chi connectivity index (χ4n) is 10.6. The van der Waals surface area contributed by atoms with Crippen LogP contribution >= 0.6 is 0 Å². The molecule has 63 heavy (non-hydrogen) atoms. The standard InChI is InChI=1S/C59H36N4/c1-2-15-39(16-3-1)56-61-57(40-32-30-37(31-33-40)41-24-12-17-38-18-14-36-60-55(38)41)63-58(62-56)48-35-34-44(42-19-4-5-20-43(42)48)47-25-13-29-53-54(47)49-23-8-11-28-52(49)59(53)50-26-9-6-21-45(50)46-22-7-10-27-51(46)59/h1-36H. The van der Waals surface area contributed by atoms with Gasteiger partial charge in [-0.15, -0.1) is 0 Å². The normalized spacial score (nSPS) is 12.9. The fraction of sp³-hybridized carbons (Fsp3) is 0.0169. The first-order valence-electron chi connectivity index (χ1n) is 21.5. The molecule has 2 aliphatic rings. The van der Waals surface area contributed by atoms with Gasteiger partial charge in [0.05, 0.1) is 10.9 Å². The molecule has 2 aromatic heterocycles. The molecule has 0 fully saturated rings. The summed E-state index contributed by atoms with van der Waals surface area (Å²) in [4.78, 5) is 20.2. The number of para-hydroxylation sites is 1. The average Bonchev–Trinajstić information content (AvgIpc) is 3.84. The van der Waals surface area contributed by atoms with Crippen molar-refractivity contribution in [3.8, 4) is 78.7 Å². The third-order valence-corrected chi connectivity index (χ3v) is 13.2. The minimum atomic E-state index is -0.413. The van der Waals surface area contributed by atoms with E-state index in [1.807, 2.05) is 30.5 Å². The van der Waals surface area contributed by atoms with E-state index < -0.39 is 5.41 Å². The highest BCUT2D eigenvalue weighted by Crippen LogP contribution is 2.64. The second-order valence-corrected chi connectivity index (χ2v) is 16.5. The highest BCUT2D eigenvalue weighted by atomic mass is 15.0. The fourth-order valence-corrected chi connectivity index (χ4v) is 10.6. The highest BCUT2D eigenvalue weighted by Gasteiger charge is 2.52. The first-order chi connectivity index (χ1) is 31.3. The Morgan fingerprint density at radius 1 is 0.286 bits per heavy atom. The van der Waals surface area contributed by atoms with Gasteiger partial charge in [0.25, 0.3) is 0 Å². The predicted molar refractivity (Wildman–Crippen MR) is 256 cm³/mol. The number of hydrogen-bond acceptors (Lipinski definition) is 4. The molecule has 0 N–H and O–H groups in total. The van der Waals surface area contributed by atoms with Gasteiger partial charge in [-0.1, -0.05) is 200 Å². The Morgan fingerprint density at radius 2 is 0.778 bits per heavy atom. The van der Waals surface area contributed by atoms with Crippen molar-refractivity contribution in [2.24, 2.45) is 0 Å². The lowest BCUT2D eigenvalue weighted by Crippen LogP contribution is -2.25. The van der Waals surface area contributed by atoms with Crippen molar-refractivity contribution in [3.05, 3.63) is 241 Å². The molecule has 0 saturated carbocycles. The molecule has 0 aliphatic heterocycles. The van der Waals surface area contributed by atoms with Crippen molar-refractivity contribution >= 4 is 21.7 Å². The first kappa shape index (κ1) is 35.4. The molecule has 9 aromatic carbocycles. The number of nitrogens with zero attached hydrogens (tertiary/aromatic N) is 4. The van der Waals surface area contributed by atoms with E-state index in [1.165, 1.54) is 55.6 Å². The summed E-state index contributed by atoms with van der Waals surface area (Å²) in [5.74, 6) is 1.88. The van der Waals surface area contributed by atoms with Crippen LogP contribution in [0.15, 0.2) is 219 Å². The van der Waals surface area contributed by atoms with E-state index in [1.54, 1.807) is 0 Å². The number of rotatable bonds is 5. The molecule has 0 amide bonds. The van der Waals surface area contributed by atoms with Gasteiger partial charge in [-0.2, -0.15) is 0 Å². The minimum absolute atomic E-state index is 0.413. The maximum atomic E-state index is 5.25. The topological polar surface area (TPSA) is 51.6 Å². The van der Waals surface area contributed by atoms with E-state index in [0.29, 0.717) is 17.5 Å². The van der Waals surface area contributed by atoms with Crippen LogP contribution in [0.4, 0.5) is 0 Å². The largest absolute Gasteiger partial charge is 0.256 e. The Bertz CT molecular complexity index is 3580. The molecule has 11 aromatic rings. The molecule has 0 atom stereocenters. The lowest BCUT2D eigenvalue weighted by molar-refractivity contribution is 0.794. The smallest absolute Gasteiger partial charge is 0.164 e. The molecule has 0 radical (unpaired) electrons. The Balaban J connectivity index is 0.984. The Labute approximate surface area is 364 Å². The van der Waals surface area contributed by atoms with E-state index in [4.69, 9.17) is 19.9 Å². The zero-order chi connectivity index (χ0) is 41.5. The number of fused-ring (bicyclic) bond motifs is 12. The molecule has 4 nitrogen and oxygen atoms in total. The second-order valence-electron chi connectivity index (χ2n) is 16.5. The minimum Gasteiger partial charge on any atom is -0.256 e. The maximum absolute atomic E-state index is 5.25. The molecule has 0 saturated heterocycles. The first-order valence-corrected chi connectivity index (χ1v) is 21.5.